The van der Waals surface area contributed by atoms with Crippen molar-refractivity contribution in [3.05, 3.63) is 108 Å². The van der Waals surface area contributed by atoms with Crippen molar-refractivity contribution in [1.29, 1.82) is 0 Å². The Hall–Kier alpha value is -3.75. The van der Waals surface area contributed by atoms with Gasteiger partial charge in [0.2, 0.25) is 9.84 Å². The van der Waals surface area contributed by atoms with Gasteiger partial charge in [-0.2, -0.15) is 17.2 Å². The summed E-state index contributed by atoms with van der Waals surface area (Å²) < 4.78 is 78.5. The van der Waals surface area contributed by atoms with Gasteiger partial charge in [0.25, 0.3) is 10.2 Å². The lowest BCUT2D eigenvalue weighted by Crippen LogP contribution is -2.31. The van der Waals surface area contributed by atoms with E-state index in [2.05, 4.69) is 22.6 Å². The molecule has 2 aliphatic rings. The fourth-order valence-electron chi connectivity index (χ4n) is 6.20. The van der Waals surface area contributed by atoms with Crippen LogP contribution in [-0.4, -0.2) is 65.0 Å². The SMILES string of the molecule is COc1ccc(C(C)(C)c2ccc(OS(=O)(=Nc3ccc(S(=O)(=O)c4ccc(N=S(C)(=O)N5CCCC5)cc4)cc3)N3CCCC3)cc2)cc1. The summed E-state index contributed by atoms with van der Waals surface area (Å²) in [6, 6.07) is 27.6. The van der Waals surface area contributed by atoms with Crippen LogP contribution in [0.2, 0.25) is 0 Å². The molecular formula is C37H44N4O6S3. The quantitative estimate of drug-likeness (QED) is 0.156. The maximum absolute atomic E-state index is 14.4. The summed E-state index contributed by atoms with van der Waals surface area (Å²) in [5, 5.41) is 0. The lowest BCUT2D eigenvalue weighted by Gasteiger charge is -2.27. The fraction of sp³-hybridized carbons (Fsp3) is 0.351. The van der Waals surface area contributed by atoms with Crippen LogP contribution >= 0.6 is 0 Å². The number of hydrogen-bond donors (Lipinski definition) is 0. The second kappa shape index (κ2) is 14.5. The van der Waals surface area contributed by atoms with Crippen LogP contribution < -0.4 is 8.92 Å². The first-order valence-electron chi connectivity index (χ1n) is 16.7. The lowest BCUT2D eigenvalue weighted by molar-refractivity contribution is 0.414. The molecule has 0 aliphatic carbocycles. The van der Waals surface area contributed by atoms with Crippen molar-refractivity contribution >= 4 is 41.3 Å². The number of methoxy groups -OCH3 is 1. The molecule has 6 rings (SSSR count). The van der Waals surface area contributed by atoms with Crippen LogP contribution in [0.4, 0.5) is 11.4 Å². The minimum absolute atomic E-state index is 0.0705. The molecule has 13 heteroatoms. The molecule has 2 fully saturated rings. The number of nitrogens with zero attached hydrogens (tertiary/aromatic N) is 4. The maximum atomic E-state index is 14.4. The molecule has 2 saturated heterocycles. The van der Waals surface area contributed by atoms with Crippen LogP contribution in [0.5, 0.6) is 11.5 Å². The molecule has 0 N–H and O–H groups in total. The van der Waals surface area contributed by atoms with Gasteiger partial charge in [-0.25, -0.2) is 16.9 Å². The standard InChI is InChI=1S/C37H44N4O6S3/c1-37(2,29-9-17-33(46-3)18-10-29)30-11-19-34(20-12-30)47-50(45,41-27-7-8-28-41)39-32-15-23-36(24-16-32)49(43,44)35-21-13-31(14-22-35)38-48(4,42)40-25-5-6-26-40/h9-24H,5-8,25-28H2,1-4H3. The Kier molecular flexibility index (Phi) is 10.4. The van der Waals surface area contributed by atoms with E-state index in [-0.39, 0.29) is 15.2 Å². The molecule has 0 aromatic heterocycles. The van der Waals surface area contributed by atoms with Crippen molar-refractivity contribution in [3.63, 3.8) is 0 Å². The molecule has 2 atom stereocenters. The summed E-state index contributed by atoms with van der Waals surface area (Å²) in [4.78, 5) is 0.161. The summed E-state index contributed by atoms with van der Waals surface area (Å²) in [5.74, 6) is 1.22. The van der Waals surface area contributed by atoms with E-state index in [1.54, 1.807) is 41.9 Å². The van der Waals surface area contributed by atoms with Crippen LogP contribution in [0.25, 0.3) is 0 Å². The summed E-state index contributed by atoms with van der Waals surface area (Å²) in [5.41, 5.74) is 2.70. The van der Waals surface area contributed by atoms with E-state index in [4.69, 9.17) is 8.92 Å². The minimum atomic E-state index is -3.86. The van der Waals surface area contributed by atoms with Gasteiger partial charge in [0.15, 0.2) is 0 Å². The fourth-order valence-corrected chi connectivity index (χ4v) is 10.7. The van der Waals surface area contributed by atoms with Gasteiger partial charge in [0.1, 0.15) is 21.4 Å². The second-order valence-electron chi connectivity index (χ2n) is 13.1. The van der Waals surface area contributed by atoms with E-state index >= 15 is 0 Å². The van der Waals surface area contributed by atoms with E-state index < -0.39 is 29.9 Å². The van der Waals surface area contributed by atoms with Crippen LogP contribution in [-0.2, 0) is 35.4 Å². The van der Waals surface area contributed by atoms with Crippen molar-refractivity contribution in [2.75, 3.05) is 39.5 Å². The van der Waals surface area contributed by atoms with E-state index in [0.29, 0.717) is 30.2 Å². The van der Waals surface area contributed by atoms with Crippen molar-refractivity contribution < 1.29 is 25.8 Å². The van der Waals surface area contributed by atoms with Crippen molar-refractivity contribution in [2.45, 2.75) is 54.7 Å². The summed E-state index contributed by atoms with van der Waals surface area (Å²) >= 11 is 0. The zero-order valence-corrected chi connectivity index (χ0v) is 31.3. The molecular weight excluding hydrogens is 693 g/mol. The van der Waals surface area contributed by atoms with Crippen LogP contribution in [0, 0.1) is 0 Å². The maximum Gasteiger partial charge on any atom is 0.283 e. The Balaban J connectivity index is 1.21. The zero-order valence-electron chi connectivity index (χ0n) is 28.9. The molecule has 0 bridgehead atoms. The van der Waals surface area contributed by atoms with Crippen molar-refractivity contribution in [3.8, 4) is 11.5 Å². The molecule has 2 heterocycles. The number of ether oxygens (including phenoxy) is 1. The third-order valence-corrected chi connectivity index (χ3v) is 14.8. The van der Waals surface area contributed by atoms with Gasteiger partial charge in [-0.3, -0.25) is 0 Å². The Morgan fingerprint density at radius 3 is 1.46 bits per heavy atom. The molecule has 0 saturated carbocycles. The summed E-state index contributed by atoms with van der Waals surface area (Å²) in [6.45, 7) is 6.91. The van der Waals surface area contributed by atoms with Gasteiger partial charge in [-0.15, -0.1) is 0 Å². The zero-order chi connectivity index (χ0) is 35.6. The smallest absolute Gasteiger partial charge is 0.283 e. The molecule has 2 unspecified atom stereocenters. The van der Waals surface area contributed by atoms with Gasteiger partial charge in [-0.1, -0.05) is 38.1 Å². The van der Waals surface area contributed by atoms with Crippen molar-refractivity contribution in [1.82, 2.24) is 8.61 Å². The molecule has 50 heavy (non-hydrogen) atoms. The van der Waals surface area contributed by atoms with E-state index in [1.807, 2.05) is 52.8 Å². The first-order chi connectivity index (χ1) is 23.8. The number of sulfone groups is 1. The van der Waals surface area contributed by atoms with Crippen LogP contribution in [0.15, 0.2) is 116 Å². The van der Waals surface area contributed by atoms with E-state index in [0.717, 1.165) is 55.6 Å². The van der Waals surface area contributed by atoms with Crippen molar-refractivity contribution in [2.24, 2.45) is 8.73 Å². The highest BCUT2D eigenvalue weighted by Gasteiger charge is 2.28. The highest BCUT2D eigenvalue weighted by Crippen LogP contribution is 2.34. The third-order valence-electron chi connectivity index (χ3n) is 9.32. The molecule has 266 valence electrons. The molecule has 4 aromatic rings. The Bertz CT molecular complexity index is 2160. The average molecular weight is 737 g/mol. The average Bonchev–Trinajstić information content (AvgIpc) is 3.86. The molecule has 0 amide bonds. The number of hydrogen-bond acceptors (Lipinski definition) is 8. The highest BCUT2D eigenvalue weighted by molar-refractivity contribution is 7.91. The van der Waals surface area contributed by atoms with Gasteiger partial charge in [0, 0.05) is 37.8 Å². The van der Waals surface area contributed by atoms with Gasteiger partial charge in [-0.05, 0) is 110 Å². The predicted molar refractivity (Wildman–Crippen MR) is 199 cm³/mol. The minimum Gasteiger partial charge on any atom is -0.497 e. The monoisotopic (exact) mass is 736 g/mol. The normalized spacial score (nSPS) is 18.2. The molecule has 4 aromatic carbocycles. The lowest BCUT2D eigenvalue weighted by atomic mass is 9.78. The summed E-state index contributed by atoms with van der Waals surface area (Å²) in [6.07, 6.45) is 5.35. The highest BCUT2D eigenvalue weighted by atomic mass is 32.2. The third kappa shape index (κ3) is 7.76. The number of rotatable bonds is 11. The van der Waals surface area contributed by atoms with Gasteiger partial charge < -0.3 is 8.92 Å². The Morgan fingerprint density at radius 2 is 1.00 bits per heavy atom. The van der Waals surface area contributed by atoms with Crippen LogP contribution in [0.3, 0.4) is 0 Å². The summed E-state index contributed by atoms with van der Waals surface area (Å²) in [7, 11) is -8.14. The van der Waals surface area contributed by atoms with Gasteiger partial charge in [0.05, 0.1) is 28.3 Å². The molecule has 2 aliphatic heterocycles. The molecule has 10 nitrogen and oxygen atoms in total. The van der Waals surface area contributed by atoms with E-state index in [1.165, 1.54) is 24.3 Å². The molecule has 0 radical (unpaired) electrons. The topological polar surface area (TPSA) is 118 Å². The first-order valence-corrected chi connectivity index (χ1v) is 21.5. The second-order valence-corrected chi connectivity index (χ2v) is 19.1. The van der Waals surface area contributed by atoms with Gasteiger partial charge >= 0.3 is 0 Å². The number of benzene rings is 4. The largest absolute Gasteiger partial charge is 0.497 e. The predicted octanol–water partition coefficient (Wildman–Crippen LogP) is 7.70. The Labute approximate surface area is 297 Å². The first kappa shape index (κ1) is 36.1. The van der Waals surface area contributed by atoms with Crippen LogP contribution in [0.1, 0.15) is 50.7 Å². The van der Waals surface area contributed by atoms with E-state index in [9.17, 15) is 16.8 Å². The Morgan fingerprint density at radius 1 is 0.580 bits per heavy atom. The molecule has 0 spiro atoms.